The number of fused-ring (bicyclic) bond motifs is 1. The molecule has 0 aromatic heterocycles. The Bertz CT molecular complexity index is 1460. The van der Waals surface area contributed by atoms with Gasteiger partial charge in [0.25, 0.3) is 0 Å². The standard InChI is InChI=1S/C21H25NO2S.C13H12O.C5H12N2/c23-15-18-5-3-4-12-22(18)25-21-11-9-16-13-20(10-8-17(16)14-21)24-19-6-1-2-7-19;1-10-2-4-11(5-3-10)12-6-8-13(14)9-7-12;1-7-4-2-6-3-5-7/h8-11,13-15,18-19H,1-7,12H2;2-9,14H,1H3;6H,2-5H2,1H3. The number of likely N-dealkylation sites (N-methyl/N-ethyl adjacent to an activating group) is 1. The first-order valence-corrected chi connectivity index (χ1v) is 17.6. The Morgan fingerprint density at radius 3 is 2.07 bits per heavy atom. The number of benzene rings is 4. The summed E-state index contributed by atoms with van der Waals surface area (Å²) in [5, 5.41) is 14.9. The highest BCUT2D eigenvalue weighted by Crippen LogP contribution is 2.33. The number of hydrogen-bond donors (Lipinski definition) is 2. The molecule has 7 rings (SSSR count). The largest absolute Gasteiger partial charge is 0.508 e. The number of rotatable bonds is 6. The second-order valence-electron chi connectivity index (χ2n) is 12.6. The second kappa shape index (κ2) is 17.5. The number of nitrogens with one attached hydrogen (secondary N) is 1. The van der Waals surface area contributed by atoms with E-state index in [4.69, 9.17) is 9.84 Å². The highest BCUT2D eigenvalue weighted by atomic mass is 32.2. The summed E-state index contributed by atoms with van der Waals surface area (Å²) in [6.07, 6.45) is 9.74. The third-order valence-corrected chi connectivity index (χ3v) is 10.0. The second-order valence-corrected chi connectivity index (χ2v) is 13.7. The van der Waals surface area contributed by atoms with Crippen LogP contribution in [-0.4, -0.2) is 72.5 Å². The number of ether oxygens (including phenoxy) is 1. The van der Waals surface area contributed by atoms with Crippen LogP contribution in [0.1, 0.15) is 50.5 Å². The van der Waals surface area contributed by atoms with Crippen molar-refractivity contribution in [3.05, 3.63) is 90.5 Å². The molecule has 7 heteroatoms. The van der Waals surface area contributed by atoms with E-state index >= 15 is 0 Å². The average molecular weight is 640 g/mol. The van der Waals surface area contributed by atoms with Gasteiger partial charge in [-0.15, -0.1) is 0 Å². The van der Waals surface area contributed by atoms with Crippen molar-refractivity contribution in [2.75, 3.05) is 39.8 Å². The summed E-state index contributed by atoms with van der Waals surface area (Å²) < 4.78 is 8.34. The van der Waals surface area contributed by atoms with E-state index in [1.165, 1.54) is 72.0 Å². The summed E-state index contributed by atoms with van der Waals surface area (Å²) in [7, 11) is 2.15. The van der Waals surface area contributed by atoms with Crippen LogP contribution in [0.3, 0.4) is 0 Å². The smallest absolute Gasteiger partial charge is 0.138 e. The molecule has 2 saturated heterocycles. The van der Waals surface area contributed by atoms with Crippen molar-refractivity contribution in [2.24, 2.45) is 0 Å². The maximum atomic E-state index is 11.3. The van der Waals surface area contributed by atoms with Gasteiger partial charge >= 0.3 is 0 Å². The first kappa shape index (κ1) is 34.0. The summed E-state index contributed by atoms with van der Waals surface area (Å²) in [5.41, 5.74) is 3.56. The Balaban J connectivity index is 0.000000165. The zero-order valence-electron chi connectivity index (χ0n) is 27.4. The molecular weight excluding hydrogens is 591 g/mol. The molecule has 1 aliphatic carbocycles. The molecule has 4 aromatic rings. The normalized spacial score (nSPS) is 19.0. The molecule has 1 unspecified atom stereocenters. The lowest BCUT2D eigenvalue weighted by Gasteiger charge is -2.30. The van der Waals surface area contributed by atoms with Crippen LogP contribution >= 0.6 is 11.9 Å². The summed E-state index contributed by atoms with van der Waals surface area (Å²) in [6, 6.07) is 28.6. The van der Waals surface area contributed by atoms with Gasteiger partial charge in [-0.2, -0.15) is 0 Å². The van der Waals surface area contributed by atoms with Crippen LogP contribution in [0.2, 0.25) is 0 Å². The third kappa shape index (κ3) is 10.3. The lowest BCUT2D eigenvalue weighted by molar-refractivity contribution is -0.111. The SMILES string of the molecule is CN1CCNCC1.Cc1ccc(-c2ccc(O)cc2)cc1.O=CC1CCCCN1Sc1ccc2cc(OC3CCCC3)ccc2c1. The van der Waals surface area contributed by atoms with Crippen LogP contribution in [0.4, 0.5) is 0 Å². The van der Waals surface area contributed by atoms with Gasteiger partial charge in [0.2, 0.25) is 0 Å². The van der Waals surface area contributed by atoms with E-state index < -0.39 is 0 Å². The van der Waals surface area contributed by atoms with Crippen molar-refractivity contribution in [3.8, 4) is 22.6 Å². The fourth-order valence-corrected chi connectivity index (χ4v) is 7.11. The van der Waals surface area contributed by atoms with E-state index in [2.05, 4.69) is 89.2 Å². The summed E-state index contributed by atoms with van der Waals surface area (Å²) in [4.78, 5) is 14.8. The van der Waals surface area contributed by atoms with E-state index in [9.17, 15) is 4.79 Å². The number of piperidine rings is 1. The van der Waals surface area contributed by atoms with Gasteiger partial charge in [0.15, 0.2) is 0 Å². The van der Waals surface area contributed by atoms with Gasteiger partial charge in [0, 0.05) is 37.6 Å². The van der Waals surface area contributed by atoms with Gasteiger partial charge in [-0.3, -0.25) is 0 Å². The minimum absolute atomic E-state index is 0.0524. The van der Waals surface area contributed by atoms with E-state index in [-0.39, 0.29) is 6.04 Å². The zero-order valence-corrected chi connectivity index (χ0v) is 28.2. The maximum Gasteiger partial charge on any atom is 0.138 e. The summed E-state index contributed by atoms with van der Waals surface area (Å²) >= 11 is 1.71. The molecule has 244 valence electrons. The summed E-state index contributed by atoms with van der Waals surface area (Å²) in [6.45, 7) is 7.80. The Kier molecular flexibility index (Phi) is 13.0. The molecule has 3 aliphatic rings. The zero-order chi connectivity index (χ0) is 32.1. The molecule has 2 heterocycles. The molecule has 6 nitrogen and oxygen atoms in total. The minimum Gasteiger partial charge on any atom is -0.508 e. The minimum atomic E-state index is 0.0524. The number of carbonyl (C=O) groups is 1. The lowest BCUT2D eigenvalue weighted by atomic mass is 10.0. The van der Waals surface area contributed by atoms with Crippen molar-refractivity contribution in [1.82, 2.24) is 14.5 Å². The van der Waals surface area contributed by atoms with Crippen molar-refractivity contribution in [1.29, 1.82) is 0 Å². The van der Waals surface area contributed by atoms with Crippen LogP contribution in [0.25, 0.3) is 21.9 Å². The third-order valence-electron chi connectivity index (χ3n) is 8.86. The highest BCUT2D eigenvalue weighted by molar-refractivity contribution is 7.97. The topological polar surface area (TPSA) is 65.0 Å². The van der Waals surface area contributed by atoms with Crippen LogP contribution in [0.15, 0.2) is 89.8 Å². The predicted octanol–water partition coefficient (Wildman–Crippen LogP) is 8.11. The first-order valence-electron chi connectivity index (χ1n) is 16.8. The fraction of sp³-hybridized carbons (Fsp3) is 0.410. The number of nitrogens with zero attached hydrogens (tertiary/aromatic N) is 2. The van der Waals surface area contributed by atoms with Crippen molar-refractivity contribution in [2.45, 2.75) is 68.9 Å². The van der Waals surface area contributed by atoms with Gasteiger partial charge in [0.05, 0.1) is 12.1 Å². The van der Waals surface area contributed by atoms with Gasteiger partial charge in [-0.05, 0) is 123 Å². The van der Waals surface area contributed by atoms with E-state index in [1.807, 2.05) is 12.1 Å². The monoisotopic (exact) mass is 639 g/mol. The molecule has 3 fully saturated rings. The molecular formula is C39H49N3O3S. The number of aromatic hydroxyl groups is 1. The molecule has 46 heavy (non-hydrogen) atoms. The Hall–Kier alpha value is -3.36. The Morgan fingerprint density at radius 2 is 1.41 bits per heavy atom. The number of phenolic OH excluding ortho intramolecular Hbond substituents is 1. The van der Waals surface area contributed by atoms with Crippen molar-refractivity contribution < 1.29 is 14.6 Å². The van der Waals surface area contributed by atoms with E-state index in [0.29, 0.717) is 11.9 Å². The summed E-state index contributed by atoms with van der Waals surface area (Å²) in [5.74, 6) is 1.29. The molecule has 0 amide bonds. The number of phenols is 1. The lowest BCUT2D eigenvalue weighted by Crippen LogP contribution is -2.40. The fourth-order valence-electron chi connectivity index (χ4n) is 6.02. The number of piperazine rings is 1. The number of carbonyl (C=O) groups excluding carboxylic acids is 1. The van der Waals surface area contributed by atoms with Gasteiger partial charge in [0.1, 0.15) is 17.8 Å². The molecule has 0 spiro atoms. The molecule has 1 saturated carbocycles. The molecule has 2 N–H and O–H groups in total. The molecule has 2 aliphatic heterocycles. The number of hydrogen-bond acceptors (Lipinski definition) is 7. The Morgan fingerprint density at radius 1 is 0.783 bits per heavy atom. The number of aryl methyl sites for hydroxylation is 1. The van der Waals surface area contributed by atoms with Crippen LogP contribution in [0.5, 0.6) is 11.5 Å². The molecule has 0 radical (unpaired) electrons. The van der Waals surface area contributed by atoms with Gasteiger partial charge in [-0.1, -0.05) is 60.5 Å². The van der Waals surface area contributed by atoms with Crippen molar-refractivity contribution in [3.63, 3.8) is 0 Å². The van der Waals surface area contributed by atoms with Crippen LogP contribution < -0.4 is 10.1 Å². The Labute approximate surface area is 279 Å². The quantitative estimate of drug-likeness (QED) is 0.163. The predicted molar refractivity (Wildman–Crippen MR) is 192 cm³/mol. The molecule has 1 atom stereocenters. The van der Waals surface area contributed by atoms with Gasteiger partial charge < -0.3 is 24.9 Å². The van der Waals surface area contributed by atoms with E-state index in [0.717, 1.165) is 50.1 Å². The average Bonchev–Trinajstić information content (AvgIpc) is 3.60. The molecule has 0 bridgehead atoms. The number of aldehydes is 1. The van der Waals surface area contributed by atoms with Crippen molar-refractivity contribution >= 4 is 29.0 Å². The van der Waals surface area contributed by atoms with Crippen LogP contribution in [-0.2, 0) is 4.79 Å². The van der Waals surface area contributed by atoms with Gasteiger partial charge in [-0.25, -0.2) is 4.31 Å². The van der Waals surface area contributed by atoms with Crippen LogP contribution in [0, 0.1) is 6.92 Å². The maximum absolute atomic E-state index is 11.3. The van der Waals surface area contributed by atoms with E-state index in [1.54, 1.807) is 24.1 Å². The highest BCUT2D eigenvalue weighted by Gasteiger charge is 2.23. The first-order chi connectivity index (χ1) is 22.5. The molecule has 4 aromatic carbocycles.